The minimum Gasteiger partial charge on any atom is -0.481 e. The van der Waals surface area contributed by atoms with Gasteiger partial charge in [-0.3, -0.25) is 14.4 Å². The van der Waals surface area contributed by atoms with Gasteiger partial charge >= 0.3 is 5.97 Å². The largest absolute Gasteiger partial charge is 0.481 e. The third-order valence-electron chi connectivity index (χ3n) is 3.93. The number of rotatable bonds is 5. The van der Waals surface area contributed by atoms with Gasteiger partial charge in [0, 0.05) is 31.0 Å². The highest BCUT2D eigenvalue weighted by Gasteiger charge is 2.32. The fourth-order valence-corrected chi connectivity index (χ4v) is 2.60. The van der Waals surface area contributed by atoms with Crippen LogP contribution >= 0.6 is 0 Å². The smallest absolute Gasteiger partial charge is 0.308 e. The zero-order valence-electron chi connectivity index (χ0n) is 12.3. The summed E-state index contributed by atoms with van der Waals surface area (Å²) in [7, 11) is 0. The van der Waals surface area contributed by atoms with Crippen LogP contribution in [-0.4, -0.2) is 40.8 Å². The molecule has 5 nitrogen and oxygen atoms in total. The van der Waals surface area contributed by atoms with E-state index in [1.807, 2.05) is 0 Å². The molecular weight excluding hydrogens is 289 g/mol. The van der Waals surface area contributed by atoms with Gasteiger partial charge in [-0.25, -0.2) is 4.39 Å². The molecule has 1 aliphatic rings. The first-order valence-electron chi connectivity index (χ1n) is 7.19. The summed E-state index contributed by atoms with van der Waals surface area (Å²) in [6, 6.07) is 5.38. The lowest BCUT2D eigenvalue weighted by atomic mass is 9.96. The Morgan fingerprint density at radius 2 is 2.14 bits per heavy atom. The number of amides is 1. The molecule has 1 N–H and O–H groups in total. The monoisotopic (exact) mass is 307 g/mol. The molecule has 2 unspecified atom stereocenters. The maximum absolute atomic E-state index is 13.1. The van der Waals surface area contributed by atoms with Crippen LogP contribution in [0.5, 0.6) is 0 Å². The number of aliphatic carboxylic acids is 1. The molecular formula is C16H18FNO4. The number of nitrogens with zero attached hydrogens (tertiary/aromatic N) is 1. The molecule has 2 atom stereocenters. The van der Waals surface area contributed by atoms with Gasteiger partial charge in [0.05, 0.1) is 5.92 Å². The Morgan fingerprint density at radius 1 is 1.41 bits per heavy atom. The second kappa shape index (κ2) is 6.68. The maximum Gasteiger partial charge on any atom is 0.308 e. The number of hydrogen-bond acceptors (Lipinski definition) is 3. The second-order valence-corrected chi connectivity index (χ2v) is 5.64. The Labute approximate surface area is 127 Å². The van der Waals surface area contributed by atoms with Crippen molar-refractivity contribution < 1.29 is 23.9 Å². The van der Waals surface area contributed by atoms with E-state index < -0.39 is 23.6 Å². The van der Waals surface area contributed by atoms with E-state index in [0.717, 1.165) is 6.07 Å². The summed E-state index contributed by atoms with van der Waals surface area (Å²) in [6.45, 7) is 2.21. The predicted molar refractivity (Wildman–Crippen MR) is 76.8 cm³/mol. The van der Waals surface area contributed by atoms with Crippen LogP contribution < -0.4 is 0 Å². The summed E-state index contributed by atoms with van der Waals surface area (Å²) in [5.74, 6) is -3.02. The van der Waals surface area contributed by atoms with Crippen LogP contribution in [0.1, 0.15) is 30.1 Å². The average Bonchev–Trinajstić information content (AvgIpc) is 2.96. The van der Waals surface area contributed by atoms with Gasteiger partial charge in [0.15, 0.2) is 5.78 Å². The standard InChI is InChI=1S/C16H18FNO4/c1-10(15(20)11-3-2-4-13(17)8-11)7-14(19)18-6-5-12(9-18)16(21)22/h2-4,8,10,12H,5-7,9H2,1H3,(H,21,22). The Hall–Kier alpha value is -2.24. The van der Waals surface area contributed by atoms with Crippen molar-refractivity contribution in [2.75, 3.05) is 13.1 Å². The van der Waals surface area contributed by atoms with Gasteiger partial charge in [0.2, 0.25) is 5.91 Å². The number of carboxylic acids is 1. The van der Waals surface area contributed by atoms with Crippen molar-refractivity contribution in [2.45, 2.75) is 19.8 Å². The molecule has 0 saturated carbocycles. The van der Waals surface area contributed by atoms with Gasteiger partial charge in [-0.05, 0) is 18.6 Å². The van der Waals surface area contributed by atoms with Crippen LogP contribution in [0.2, 0.25) is 0 Å². The zero-order chi connectivity index (χ0) is 16.3. The second-order valence-electron chi connectivity index (χ2n) is 5.64. The molecule has 1 heterocycles. The number of hydrogen-bond donors (Lipinski definition) is 1. The van der Waals surface area contributed by atoms with Gasteiger partial charge in [0.25, 0.3) is 0 Å². The Morgan fingerprint density at radius 3 is 2.73 bits per heavy atom. The van der Waals surface area contributed by atoms with E-state index in [1.165, 1.54) is 23.1 Å². The van der Waals surface area contributed by atoms with E-state index in [-0.39, 0.29) is 30.2 Å². The van der Waals surface area contributed by atoms with Crippen molar-refractivity contribution in [2.24, 2.45) is 11.8 Å². The lowest BCUT2D eigenvalue weighted by Gasteiger charge is -2.18. The number of carbonyl (C=O) groups excluding carboxylic acids is 2. The SMILES string of the molecule is CC(CC(=O)N1CCC(C(=O)O)C1)C(=O)c1cccc(F)c1. The molecule has 0 aliphatic carbocycles. The normalized spacial score (nSPS) is 19.0. The van der Waals surface area contributed by atoms with Gasteiger partial charge in [0.1, 0.15) is 5.82 Å². The molecule has 1 aromatic rings. The van der Waals surface area contributed by atoms with Crippen molar-refractivity contribution in [3.63, 3.8) is 0 Å². The molecule has 1 amide bonds. The third-order valence-corrected chi connectivity index (χ3v) is 3.93. The minimum absolute atomic E-state index is 0.00167. The first-order valence-corrected chi connectivity index (χ1v) is 7.19. The van der Waals surface area contributed by atoms with E-state index in [0.29, 0.717) is 13.0 Å². The average molecular weight is 307 g/mol. The van der Waals surface area contributed by atoms with Crippen LogP contribution in [-0.2, 0) is 9.59 Å². The summed E-state index contributed by atoms with van der Waals surface area (Å²) >= 11 is 0. The van der Waals surface area contributed by atoms with Crippen molar-refractivity contribution >= 4 is 17.7 Å². The lowest BCUT2D eigenvalue weighted by Crippen LogP contribution is -2.32. The molecule has 118 valence electrons. The Bertz CT molecular complexity index is 602. The zero-order valence-corrected chi connectivity index (χ0v) is 12.3. The lowest BCUT2D eigenvalue weighted by molar-refractivity contribution is -0.141. The van der Waals surface area contributed by atoms with E-state index in [2.05, 4.69) is 0 Å². The van der Waals surface area contributed by atoms with E-state index in [4.69, 9.17) is 5.11 Å². The number of benzene rings is 1. The summed E-state index contributed by atoms with van der Waals surface area (Å²) in [5, 5.41) is 8.93. The van der Waals surface area contributed by atoms with Gasteiger partial charge in [-0.15, -0.1) is 0 Å². The number of likely N-dealkylation sites (tertiary alicyclic amines) is 1. The number of carboxylic acid groups (broad SMARTS) is 1. The number of ketones is 1. The fourth-order valence-electron chi connectivity index (χ4n) is 2.60. The number of Topliss-reactive ketones (excluding diaryl/α,β-unsaturated/α-hetero) is 1. The van der Waals surface area contributed by atoms with Crippen LogP contribution in [0.4, 0.5) is 4.39 Å². The van der Waals surface area contributed by atoms with Crippen molar-refractivity contribution in [3.8, 4) is 0 Å². The molecule has 22 heavy (non-hydrogen) atoms. The van der Waals surface area contributed by atoms with E-state index in [1.54, 1.807) is 6.92 Å². The highest BCUT2D eigenvalue weighted by atomic mass is 19.1. The highest BCUT2D eigenvalue weighted by Crippen LogP contribution is 2.20. The maximum atomic E-state index is 13.1. The molecule has 0 radical (unpaired) electrons. The number of halogens is 1. The van der Waals surface area contributed by atoms with Crippen molar-refractivity contribution in [3.05, 3.63) is 35.6 Å². The molecule has 6 heteroatoms. The molecule has 1 aromatic carbocycles. The third kappa shape index (κ3) is 3.69. The van der Waals surface area contributed by atoms with Gasteiger partial charge in [-0.2, -0.15) is 0 Å². The molecule has 1 fully saturated rings. The highest BCUT2D eigenvalue weighted by molar-refractivity contribution is 5.99. The number of carbonyl (C=O) groups is 3. The fraction of sp³-hybridized carbons (Fsp3) is 0.438. The van der Waals surface area contributed by atoms with Gasteiger partial charge in [-0.1, -0.05) is 19.1 Å². The quantitative estimate of drug-likeness (QED) is 0.844. The van der Waals surface area contributed by atoms with E-state index in [9.17, 15) is 18.8 Å². The van der Waals surface area contributed by atoms with Crippen LogP contribution in [0.3, 0.4) is 0 Å². The predicted octanol–water partition coefficient (Wildman–Crippen LogP) is 1.97. The van der Waals surface area contributed by atoms with Crippen molar-refractivity contribution in [1.29, 1.82) is 0 Å². The summed E-state index contributed by atoms with van der Waals surface area (Å²) in [5.41, 5.74) is 0.241. The topological polar surface area (TPSA) is 74.7 Å². The van der Waals surface area contributed by atoms with Crippen LogP contribution in [0, 0.1) is 17.7 Å². The Balaban J connectivity index is 1.94. The molecule has 2 rings (SSSR count). The minimum atomic E-state index is -0.904. The van der Waals surface area contributed by atoms with Gasteiger partial charge < -0.3 is 10.0 Å². The first kappa shape index (κ1) is 16.1. The molecule has 1 aliphatic heterocycles. The summed E-state index contributed by atoms with van der Waals surface area (Å²) in [4.78, 5) is 36.7. The molecule has 0 bridgehead atoms. The Kier molecular flexibility index (Phi) is 4.90. The summed E-state index contributed by atoms with van der Waals surface area (Å²) in [6.07, 6.45) is 0.439. The van der Waals surface area contributed by atoms with Crippen LogP contribution in [0.15, 0.2) is 24.3 Å². The molecule has 1 saturated heterocycles. The van der Waals surface area contributed by atoms with Crippen molar-refractivity contribution in [1.82, 2.24) is 4.90 Å². The van der Waals surface area contributed by atoms with E-state index >= 15 is 0 Å². The molecule has 0 aromatic heterocycles. The molecule has 0 spiro atoms. The first-order chi connectivity index (χ1) is 10.4. The summed E-state index contributed by atoms with van der Waals surface area (Å²) < 4.78 is 13.1. The van der Waals surface area contributed by atoms with Crippen LogP contribution in [0.25, 0.3) is 0 Å².